The van der Waals surface area contributed by atoms with Gasteiger partial charge in [0.05, 0.1) is 31.8 Å². The molecule has 1 saturated heterocycles. The summed E-state index contributed by atoms with van der Waals surface area (Å²) in [5.74, 6) is 2.75. The van der Waals surface area contributed by atoms with Gasteiger partial charge >= 0.3 is 0 Å². The summed E-state index contributed by atoms with van der Waals surface area (Å²) in [5, 5.41) is 0. The highest BCUT2D eigenvalue weighted by atomic mass is 32.2. The number of carbonyl (C=O) groups excluding carboxylic acids is 1. The van der Waals surface area contributed by atoms with Crippen molar-refractivity contribution in [3.63, 3.8) is 0 Å². The number of hydrogen-bond donors (Lipinski definition) is 0. The van der Waals surface area contributed by atoms with Gasteiger partial charge in [0, 0.05) is 13.0 Å². The van der Waals surface area contributed by atoms with Gasteiger partial charge in [-0.05, 0) is 55.0 Å². The second kappa shape index (κ2) is 12.3. The lowest BCUT2D eigenvalue weighted by Gasteiger charge is -2.13. The minimum Gasteiger partial charge on any atom is -0.497 e. The number of thioether (sulfide) groups is 1. The van der Waals surface area contributed by atoms with E-state index >= 15 is 0 Å². The lowest BCUT2D eigenvalue weighted by molar-refractivity contribution is -0.121. The third-order valence-corrected chi connectivity index (χ3v) is 6.00. The first-order valence-corrected chi connectivity index (χ1v) is 11.8. The summed E-state index contributed by atoms with van der Waals surface area (Å²) < 4.78 is 23.1. The number of carbonyl (C=O) groups is 1. The first kappa shape index (κ1) is 24.7. The number of rotatable bonds is 12. The van der Waals surface area contributed by atoms with E-state index in [9.17, 15) is 4.79 Å². The molecule has 0 saturated carbocycles. The summed E-state index contributed by atoms with van der Waals surface area (Å²) in [5.41, 5.74) is 0.841. The van der Waals surface area contributed by atoms with Crippen molar-refractivity contribution in [2.75, 3.05) is 33.5 Å². The summed E-state index contributed by atoms with van der Waals surface area (Å²) in [7, 11) is 1.63. The van der Waals surface area contributed by atoms with Crippen LogP contribution in [0.25, 0.3) is 6.08 Å². The fourth-order valence-corrected chi connectivity index (χ4v) is 4.32. The Kier molecular flexibility index (Phi) is 9.21. The van der Waals surface area contributed by atoms with E-state index in [0.717, 1.165) is 17.1 Å². The summed E-state index contributed by atoms with van der Waals surface area (Å²) in [4.78, 5) is 14.7. The van der Waals surface area contributed by atoms with E-state index in [1.807, 2.05) is 55.5 Å². The van der Waals surface area contributed by atoms with Gasteiger partial charge in [-0.3, -0.25) is 9.69 Å². The van der Waals surface area contributed by atoms with Crippen LogP contribution in [0.4, 0.5) is 0 Å². The summed E-state index contributed by atoms with van der Waals surface area (Å²) >= 11 is 6.58. The van der Waals surface area contributed by atoms with Crippen LogP contribution in [0.2, 0.25) is 0 Å². The third-order valence-electron chi connectivity index (χ3n) is 4.63. The molecule has 1 aliphatic rings. The predicted molar refractivity (Wildman–Crippen MR) is 136 cm³/mol. The molecular formula is C25H27NO5S2. The zero-order valence-corrected chi connectivity index (χ0v) is 20.4. The van der Waals surface area contributed by atoms with E-state index in [1.165, 1.54) is 16.7 Å². The topological polar surface area (TPSA) is 57.2 Å². The fourth-order valence-electron chi connectivity index (χ4n) is 3.04. The smallest absolute Gasteiger partial charge is 0.266 e. The van der Waals surface area contributed by atoms with Gasteiger partial charge in [-0.1, -0.05) is 36.1 Å². The SMILES string of the molecule is C=CCN1C(=O)C(=Cc2ccc(OCCCOc3ccc(OC)cc3)c(OCC)c2)SC1=S. The van der Waals surface area contributed by atoms with Crippen molar-refractivity contribution in [1.29, 1.82) is 0 Å². The molecule has 0 atom stereocenters. The number of nitrogens with zero attached hydrogens (tertiary/aromatic N) is 1. The van der Waals surface area contributed by atoms with Crippen LogP contribution in [0, 0.1) is 0 Å². The molecule has 174 valence electrons. The van der Waals surface area contributed by atoms with Crippen molar-refractivity contribution in [3.05, 3.63) is 65.6 Å². The second-order valence-electron chi connectivity index (χ2n) is 6.95. The van der Waals surface area contributed by atoms with E-state index < -0.39 is 0 Å². The third kappa shape index (κ3) is 6.76. The molecule has 0 spiro atoms. The Balaban J connectivity index is 1.57. The first-order chi connectivity index (χ1) is 16.0. The summed E-state index contributed by atoms with van der Waals surface area (Å²) in [6.45, 7) is 7.51. The Hall–Kier alpha value is -2.97. The molecule has 6 nitrogen and oxygen atoms in total. The van der Waals surface area contributed by atoms with E-state index in [-0.39, 0.29) is 5.91 Å². The quantitative estimate of drug-likeness (QED) is 0.174. The molecule has 8 heteroatoms. The lowest BCUT2D eigenvalue weighted by atomic mass is 10.2. The van der Waals surface area contributed by atoms with Crippen molar-refractivity contribution in [2.24, 2.45) is 0 Å². The molecule has 2 aromatic carbocycles. The number of hydrogen-bond acceptors (Lipinski definition) is 7. The molecule has 0 aromatic heterocycles. The van der Waals surface area contributed by atoms with Gasteiger partial charge in [-0.15, -0.1) is 6.58 Å². The van der Waals surface area contributed by atoms with Crippen LogP contribution in [0.5, 0.6) is 23.0 Å². The molecule has 0 aliphatic carbocycles. The van der Waals surface area contributed by atoms with E-state index in [2.05, 4.69) is 6.58 Å². The van der Waals surface area contributed by atoms with E-state index in [4.69, 9.17) is 31.2 Å². The number of thiocarbonyl (C=S) groups is 1. The van der Waals surface area contributed by atoms with Crippen LogP contribution in [0.3, 0.4) is 0 Å². The highest BCUT2D eigenvalue weighted by molar-refractivity contribution is 8.26. The fraction of sp³-hybridized carbons (Fsp3) is 0.280. The second-order valence-corrected chi connectivity index (χ2v) is 8.62. The van der Waals surface area contributed by atoms with Gasteiger partial charge in [-0.25, -0.2) is 0 Å². The van der Waals surface area contributed by atoms with Crippen LogP contribution in [-0.4, -0.2) is 48.6 Å². The van der Waals surface area contributed by atoms with Crippen molar-refractivity contribution in [3.8, 4) is 23.0 Å². The molecule has 2 aromatic rings. The maximum absolute atomic E-state index is 12.6. The molecule has 0 bridgehead atoms. The molecule has 1 fully saturated rings. The average molecular weight is 486 g/mol. The number of ether oxygens (including phenoxy) is 4. The molecule has 0 N–H and O–H groups in total. The minimum atomic E-state index is -0.111. The van der Waals surface area contributed by atoms with Crippen molar-refractivity contribution in [1.82, 2.24) is 4.90 Å². The van der Waals surface area contributed by atoms with Gasteiger partial charge in [0.1, 0.15) is 15.8 Å². The zero-order chi connectivity index (χ0) is 23.6. The van der Waals surface area contributed by atoms with Gasteiger partial charge in [-0.2, -0.15) is 0 Å². The molecule has 0 unspecified atom stereocenters. The first-order valence-electron chi connectivity index (χ1n) is 10.6. The summed E-state index contributed by atoms with van der Waals surface area (Å²) in [6.07, 6.45) is 4.19. The van der Waals surface area contributed by atoms with Gasteiger partial charge in [0.25, 0.3) is 5.91 Å². The molecule has 1 heterocycles. The maximum Gasteiger partial charge on any atom is 0.266 e. The molecule has 0 radical (unpaired) electrons. The lowest BCUT2D eigenvalue weighted by Crippen LogP contribution is -2.27. The van der Waals surface area contributed by atoms with Crippen molar-refractivity contribution < 1.29 is 23.7 Å². The molecule has 1 aliphatic heterocycles. The Bertz CT molecular complexity index is 1020. The van der Waals surface area contributed by atoms with Crippen LogP contribution in [0.1, 0.15) is 18.9 Å². The average Bonchev–Trinajstić information content (AvgIpc) is 3.08. The predicted octanol–water partition coefficient (Wildman–Crippen LogP) is 5.33. The van der Waals surface area contributed by atoms with Crippen LogP contribution in [0.15, 0.2) is 60.0 Å². The number of methoxy groups -OCH3 is 1. The highest BCUT2D eigenvalue weighted by Gasteiger charge is 2.31. The Morgan fingerprint density at radius 2 is 1.76 bits per heavy atom. The molecule has 1 amide bonds. The monoisotopic (exact) mass is 485 g/mol. The van der Waals surface area contributed by atoms with E-state index in [1.54, 1.807) is 13.2 Å². The minimum absolute atomic E-state index is 0.111. The van der Waals surface area contributed by atoms with Crippen LogP contribution in [-0.2, 0) is 4.79 Å². The Morgan fingerprint density at radius 1 is 1.03 bits per heavy atom. The molecule has 3 rings (SSSR count). The number of benzene rings is 2. The Labute approximate surface area is 204 Å². The normalized spacial score (nSPS) is 14.5. The van der Waals surface area contributed by atoms with Crippen LogP contribution < -0.4 is 18.9 Å². The number of amides is 1. The van der Waals surface area contributed by atoms with Gasteiger partial charge < -0.3 is 18.9 Å². The molecular weight excluding hydrogens is 458 g/mol. The van der Waals surface area contributed by atoms with E-state index in [0.29, 0.717) is 53.5 Å². The van der Waals surface area contributed by atoms with Gasteiger partial charge in [0.15, 0.2) is 11.5 Å². The van der Waals surface area contributed by atoms with Gasteiger partial charge in [0.2, 0.25) is 0 Å². The van der Waals surface area contributed by atoms with Crippen LogP contribution >= 0.6 is 24.0 Å². The standard InChI is InChI=1S/C25H27NO5S2/c1-4-13-26-24(27)23(33-25(26)32)17-18-7-12-21(22(16-18)29-5-2)31-15-6-14-30-20-10-8-19(28-3)9-11-20/h4,7-12,16-17H,1,5-6,13-15H2,2-3H3. The largest absolute Gasteiger partial charge is 0.497 e. The molecule has 33 heavy (non-hydrogen) atoms. The highest BCUT2D eigenvalue weighted by Crippen LogP contribution is 2.35. The maximum atomic E-state index is 12.6. The zero-order valence-electron chi connectivity index (χ0n) is 18.7. The van der Waals surface area contributed by atoms with Crippen molar-refractivity contribution >= 4 is 40.3 Å². The van der Waals surface area contributed by atoms with Crippen molar-refractivity contribution in [2.45, 2.75) is 13.3 Å². The Morgan fingerprint density at radius 3 is 2.45 bits per heavy atom. The summed E-state index contributed by atoms with van der Waals surface area (Å²) in [6, 6.07) is 13.1.